The minimum absolute atomic E-state index is 0.176. The molecule has 0 aliphatic heterocycles. The van der Waals surface area contributed by atoms with Crippen LogP contribution >= 0.6 is 11.3 Å². The zero-order valence-corrected chi connectivity index (χ0v) is 17.0. The second-order valence-corrected chi connectivity index (χ2v) is 7.21. The first-order chi connectivity index (χ1) is 14.7. The van der Waals surface area contributed by atoms with Crippen molar-refractivity contribution in [1.29, 1.82) is 5.26 Å². The lowest BCUT2D eigenvalue weighted by atomic mass is 10.1. The van der Waals surface area contributed by atoms with E-state index < -0.39 is 0 Å². The van der Waals surface area contributed by atoms with Gasteiger partial charge in [-0.15, -0.1) is 11.3 Å². The molecule has 2 heterocycles. The summed E-state index contributed by atoms with van der Waals surface area (Å²) in [5, 5.41) is 13.8. The summed E-state index contributed by atoms with van der Waals surface area (Å²) in [7, 11) is 0. The number of hydrogen-bond acceptors (Lipinski definition) is 6. The molecule has 0 aliphatic carbocycles. The maximum Gasteiger partial charge on any atom is 0.262 e. The quantitative estimate of drug-likeness (QED) is 0.482. The van der Waals surface area contributed by atoms with Crippen LogP contribution in [0.2, 0.25) is 0 Å². The van der Waals surface area contributed by atoms with Gasteiger partial charge in [0.15, 0.2) is 23.1 Å². The molecular weight excluding hydrogens is 400 g/mol. The number of nitrogens with one attached hydrogen (secondary N) is 1. The average molecular weight is 418 g/mol. The molecular formula is C22H18N4O3S. The number of carbonyl (C=O) groups is 1. The van der Waals surface area contributed by atoms with Crippen molar-refractivity contribution in [2.24, 2.45) is 0 Å². The Bertz CT molecular complexity index is 1190. The lowest BCUT2D eigenvalue weighted by molar-refractivity contribution is -0.118. The number of thiazole rings is 1. The second kappa shape index (κ2) is 8.68. The van der Waals surface area contributed by atoms with Gasteiger partial charge in [-0.05, 0) is 31.2 Å². The number of benzene rings is 2. The van der Waals surface area contributed by atoms with Crippen molar-refractivity contribution < 1.29 is 14.3 Å². The largest absolute Gasteiger partial charge is 0.490 e. The normalized spacial score (nSPS) is 10.5. The summed E-state index contributed by atoms with van der Waals surface area (Å²) < 4.78 is 13.0. The summed E-state index contributed by atoms with van der Waals surface area (Å²) in [6, 6.07) is 14.4. The number of nitriles is 1. The van der Waals surface area contributed by atoms with Gasteiger partial charge in [-0.2, -0.15) is 5.26 Å². The van der Waals surface area contributed by atoms with Gasteiger partial charge in [-0.1, -0.05) is 12.1 Å². The van der Waals surface area contributed by atoms with E-state index in [1.54, 1.807) is 29.5 Å². The fourth-order valence-corrected chi connectivity index (χ4v) is 3.60. The molecule has 7 nitrogen and oxygen atoms in total. The van der Waals surface area contributed by atoms with Gasteiger partial charge in [-0.25, -0.2) is 4.98 Å². The second-order valence-electron chi connectivity index (χ2n) is 6.34. The van der Waals surface area contributed by atoms with Gasteiger partial charge in [0.25, 0.3) is 5.91 Å². The molecule has 30 heavy (non-hydrogen) atoms. The molecule has 8 heteroatoms. The number of ether oxygens (including phenoxy) is 2. The van der Waals surface area contributed by atoms with Crippen molar-refractivity contribution in [3.63, 3.8) is 0 Å². The number of anilines is 1. The first kappa shape index (κ1) is 19.5. The Morgan fingerprint density at radius 3 is 2.77 bits per heavy atom. The van der Waals surface area contributed by atoms with Crippen LogP contribution in [0.4, 0.5) is 5.69 Å². The molecule has 1 N–H and O–H groups in total. The first-order valence-corrected chi connectivity index (χ1v) is 10.2. The van der Waals surface area contributed by atoms with Crippen molar-refractivity contribution in [3.8, 4) is 28.8 Å². The van der Waals surface area contributed by atoms with Gasteiger partial charge >= 0.3 is 0 Å². The lowest BCUT2D eigenvalue weighted by Crippen LogP contribution is -2.20. The van der Waals surface area contributed by atoms with Crippen LogP contribution in [0.5, 0.6) is 11.5 Å². The van der Waals surface area contributed by atoms with Crippen LogP contribution in [0, 0.1) is 11.3 Å². The molecule has 0 unspecified atom stereocenters. The average Bonchev–Trinajstić information content (AvgIpc) is 3.36. The van der Waals surface area contributed by atoms with Crippen LogP contribution in [-0.2, 0) is 4.79 Å². The number of carbonyl (C=O) groups excluding carboxylic acids is 1. The molecule has 1 amide bonds. The lowest BCUT2D eigenvalue weighted by Gasteiger charge is -2.12. The van der Waals surface area contributed by atoms with Crippen LogP contribution < -0.4 is 14.8 Å². The third-order valence-corrected chi connectivity index (χ3v) is 5.06. The number of amides is 1. The highest BCUT2D eigenvalue weighted by Gasteiger charge is 2.10. The molecule has 4 rings (SSSR count). The molecule has 2 aromatic carbocycles. The van der Waals surface area contributed by atoms with Gasteiger partial charge in [0, 0.05) is 35.1 Å². The maximum absolute atomic E-state index is 12.3. The van der Waals surface area contributed by atoms with Gasteiger partial charge in [0.2, 0.25) is 0 Å². The summed E-state index contributed by atoms with van der Waals surface area (Å²) in [5.74, 6) is 0.562. The number of imidazole rings is 1. The molecule has 150 valence electrons. The molecule has 4 aromatic rings. The fraction of sp³-hybridized carbons (Fsp3) is 0.136. The van der Waals surface area contributed by atoms with Crippen molar-refractivity contribution in [2.75, 3.05) is 18.5 Å². The minimum Gasteiger partial charge on any atom is -0.490 e. The van der Waals surface area contributed by atoms with Gasteiger partial charge in [0.05, 0.1) is 23.9 Å². The number of fused-ring (bicyclic) bond motifs is 1. The summed E-state index contributed by atoms with van der Waals surface area (Å²) in [6.07, 6.45) is 3.94. The van der Waals surface area contributed by atoms with E-state index in [2.05, 4.69) is 16.4 Å². The molecule has 0 bridgehead atoms. The van der Waals surface area contributed by atoms with E-state index >= 15 is 0 Å². The van der Waals surface area contributed by atoms with Crippen LogP contribution in [0.25, 0.3) is 16.2 Å². The third kappa shape index (κ3) is 4.26. The molecule has 2 aromatic heterocycles. The SMILES string of the molecule is CCOc1cc(C#N)ccc1OCC(=O)Nc1ccc(-c2cn3ccsc3n2)cc1. The smallest absolute Gasteiger partial charge is 0.262 e. The van der Waals surface area contributed by atoms with E-state index in [4.69, 9.17) is 14.7 Å². The Kier molecular flexibility index (Phi) is 5.63. The van der Waals surface area contributed by atoms with E-state index in [-0.39, 0.29) is 12.5 Å². The van der Waals surface area contributed by atoms with Crippen molar-refractivity contribution in [2.45, 2.75) is 6.92 Å². The molecule has 0 radical (unpaired) electrons. The Balaban J connectivity index is 1.37. The Hall–Kier alpha value is -3.83. The number of hydrogen-bond donors (Lipinski definition) is 1. The first-order valence-electron chi connectivity index (χ1n) is 9.28. The highest BCUT2D eigenvalue weighted by molar-refractivity contribution is 7.15. The van der Waals surface area contributed by atoms with E-state index in [1.807, 2.05) is 53.4 Å². The molecule has 0 spiro atoms. The Morgan fingerprint density at radius 1 is 1.20 bits per heavy atom. The number of nitrogens with zero attached hydrogens (tertiary/aromatic N) is 3. The van der Waals surface area contributed by atoms with Crippen LogP contribution in [-0.4, -0.2) is 28.5 Å². The number of rotatable bonds is 7. The fourth-order valence-electron chi connectivity index (χ4n) is 2.90. The number of aromatic nitrogens is 2. The third-order valence-electron chi connectivity index (χ3n) is 4.29. The molecule has 0 saturated heterocycles. The van der Waals surface area contributed by atoms with Gasteiger partial charge in [-0.3, -0.25) is 9.20 Å². The van der Waals surface area contributed by atoms with E-state index in [0.717, 1.165) is 16.2 Å². The summed E-state index contributed by atoms with van der Waals surface area (Å²) in [5.41, 5.74) is 2.98. The van der Waals surface area contributed by atoms with Crippen LogP contribution in [0.3, 0.4) is 0 Å². The van der Waals surface area contributed by atoms with E-state index in [9.17, 15) is 4.79 Å². The zero-order valence-electron chi connectivity index (χ0n) is 16.2. The topological polar surface area (TPSA) is 88.6 Å². The van der Waals surface area contributed by atoms with Crippen LogP contribution in [0.1, 0.15) is 12.5 Å². The van der Waals surface area contributed by atoms with E-state index in [1.165, 1.54) is 0 Å². The van der Waals surface area contributed by atoms with Gasteiger partial charge < -0.3 is 14.8 Å². The predicted molar refractivity (Wildman–Crippen MR) is 115 cm³/mol. The standard InChI is InChI=1S/C22H18N4O3S/c1-2-28-20-11-15(12-23)3-8-19(20)29-14-21(27)24-17-6-4-16(5-7-17)18-13-26-9-10-30-22(26)25-18/h3-11,13H,2,14H2,1H3,(H,24,27). The highest BCUT2D eigenvalue weighted by Crippen LogP contribution is 2.28. The molecule has 0 saturated carbocycles. The van der Waals surface area contributed by atoms with Crippen molar-refractivity contribution in [3.05, 3.63) is 65.8 Å². The van der Waals surface area contributed by atoms with E-state index in [0.29, 0.717) is 29.4 Å². The summed E-state index contributed by atoms with van der Waals surface area (Å²) in [6.45, 7) is 2.09. The van der Waals surface area contributed by atoms with Crippen molar-refractivity contribution in [1.82, 2.24) is 9.38 Å². The zero-order chi connectivity index (χ0) is 20.9. The Labute approximate surface area is 177 Å². The van der Waals surface area contributed by atoms with Gasteiger partial charge in [0.1, 0.15) is 0 Å². The summed E-state index contributed by atoms with van der Waals surface area (Å²) in [4.78, 5) is 17.8. The monoisotopic (exact) mass is 418 g/mol. The Morgan fingerprint density at radius 2 is 2.03 bits per heavy atom. The maximum atomic E-state index is 12.3. The predicted octanol–water partition coefficient (Wildman–Crippen LogP) is 4.35. The molecule has 0 fully saturated rings. The molecule has 0 aliphatic rings. The minimum atomic E-state index is -0.294. The van der Waals surface area contributed by atoms with Crippen molar-refractivity contribution >= 4 is 27.9 Å². The highest BCUT2D eigenvalue weighted by atomic mass is 32.1. The van der Waals surface area contributed by atoms with Crippen LogP contribution in [0.15, 0.2) is 60.2 Å². The molecule has 0 atom stereocenters. The summed E-state index contributed by atoms with van der Waals surface area (Å²) >= 11 is 1.58.